The van der Waals surface area contributed by atoms with Gasteiger partial charge in [-0.25, -0.2) is 0 Å². The minimum Gasteiger partial charge on any atom is -0.315 e. The van der Waals surface area contributed by atoms with Gasteiger partial charge in [-0.15, -0.1) is 11.3 Å². The summed E-state index contributed by atoms with van der Waals surface area (Å²) in [4.78, 5) is 3.96. The molecule has 2 heterocycles. The maximum Gasteiger partial charge on any atom is 0.0218 e. The molecule has 1 unspecified atom stereocenters. The van der Waals surface area contributed by atoms with Crippen LogP contribution >= 0.6 is 11.3 Å². The molecule has 84 valence electrons. The van der Waals surface area contributed by atoms with Crippen LogP contribution in [-0.4, -0.2) is 37.6 Å². The average molecular weight is 224 g/mol. The van der Waals surface area contributed by atoms with Crippen LogP contribution in [0.4, 0.5) is 0 Å². The fraction of sp³-hybridized carbons (Fsp3) is 0.667. The van der Waals surface area contributed by atoms with E-state index in [0.717, 1.165) is 19.1 Å². The van der Waals surface area contributed by atoms with E-state index in [4.69, 9.17) is 0 Å². The SMILES string of the molecule is CN1CCCC1CNCCc1cccs1. The van der Waals surface area contributed by atoms with E-state index in [1.54, 1.807) is 0 Å². The van der Waals surface area contributed by atoms with E-state index in [9.17, 15) is 0 Å². The zero-order valence-corrected chi connectivity index (χ0v) is 10.2. The lowest BCUT2D eigenvalue weighted by atomic mass is 10.2. The second kappa shape index (κ2) is 5.64. The lowest BCUT2D eigenvalue weighted by Crippen LogP contribution is -2.36. The normalized spacial score (nSPS) is 22.3. The van der Waals surface area contributed by atoms with Gasteiger partial charge in [0.25, 0.3) is 0 Å². The van der Waals surface area contributed by atoms with Crippen molar-refractivity contribution in [2.75, 3.05) is 26.7 Å². The van der Waals surface area contributed by atoms with E-state index in [1.807, 2.05) is 11.3 Å². The summed E-state index contributed by atoms with van der Waals surface area (Å²) in [6, 6.07) is 5.12. The molecule has 1 aliphatic heterocycles. The van der Waals surface area contributed by atoms with E-state index >= 15 is 0 Å². The van der Waals surface area contributed by atoms with Crippen molar-refractivity contribution < 1.29 is 0 Å². The number of likely N-dealkylation sites (tertiary alicyclic amines) is 1. The predicted molar refractivity (Wildman–Crippen MR) is 66.5 cm³/mol. The van der Waals surface area contributed by atoms with Gasteiger partial charge < -0.3 is 10.2 Å². The van der Waals surface area contributed by atoms with Gasteiger partial charge in [-0.05, 0) is 44.3 Å². The van der Waals surface area contributed by atoms with Crippen molar-refractivity contribution >= 4 is 11.3 Å². The van der Waals surface area contributed by atoms with Gasteiger partial charge in [-0.1, -0.05) is 6.07 Å². The second-order valence-electron chi connectivity index (χ2n) is 4.31. The molecule has 15 heavy (non-hydrogen) atoms. The summed E-state index contributed by atoms with van der Waals surface area (Å²) >= 11 is 1.86. The third-order valence-corrected chi connectivity index (χ3v) is 4.12. The van der Waals surface area contributed by atoms with Crippen LogP contribution in [-0.2, 0) is 6.42 Å². The molecular formula is C12H20N2S. The topological polar surface area (TPSA) is 15.3 Å². The third kappa shape index (κ3) is 3.30. The molecule has 0 spiro atoms. The summed E-state index contributed by atoms with van der Waals surface area (Å²) in [7, 11) is 2.23. The summed E-state index contributed by atoms with van der Waals surface area (Å²) < 4.78 is 0. The maximum absolute atomic E-state index is 3.56. The van der Waals surface area contributed by atoms with E-state index in [2.05, 4.69) is 34.8 Å². The molecule has 3 heteroatoms. The lowest BCUT2D eigenvalue weighted by Gasteiger charge is -2.19. The van der Waals surface area contributed by atoms with E-state index in [1.165, 1.54) is 30.7 Å². The molecule has 0 saturated carbocycles. The van der Waals surface area contributed by atoms with Gasteiger partial charge in [0.1, 0.15) is 0 Å². The fourth-order valence-electron chi connectivity index (χ4n) is 2.17. The van der Waals surface area contributed by atoms with Gasteiger partial charge in [-0.3, -0.25) is 0 Å². The smallest absolute Gasteiger partial charge is 0.0218 e. The van der Waals surface area contributed by atoms with Crippen molar-refractivity contribution in [3.8, 4) is 0 Å². The van der Waals surface area contributed by atoms with Crippen molar-refractivity contribution in [1.82, 2.24) is 10.2 Å². The second-order valence-corrected chi connectivity index (χ2v) is 5.34. The summed E-state index contributed by atoms with van der Waals surface area (Å²) in [6.45, 7) is 3.55. The van der Waals surface area contributed by atoms with E-state index in [0.29, 0.717) is 0 Å². The number of hydrogen-bond donors (Lipinski definition) is 1. The first-order valence-corrected chi connectivity index (χ1v) is 6.67. The standard InChI is InChI=1S/C12H20N2S/c1-14-8-2-4-11(14)10-13-7-6-12-5-3-9-15-12/h3,5,9,11,13H,2,4,6-8,10H2,1H3. The number of nitrogens with one attached hydrogen (secondary N) is 1. The van der Waals surface area contributed by atoms with Crippen LogP contribution in [0.3, 0.4) is 0 Å². The first-order chi connectivity index (χ1) is 7.36. The molecule has 0 aliphatic carbocycles. The molecule has 1 aliphatic rings. The van der Waals surface area contributed by atoms with Crippen LogP contribution in [0.15, 0.2) is 17.5 Å². The molecule has 1 aromatic heterocycles. The molecule has 2 rings (SSSR count). The van der Waals surface area contributed by atoms with Crippen molar-refractivity contribution in [2.45, 2.75) is 25.3 Å². The van der Waals surface area contributed by atoms with Crippen LogP contribution < -0.4 is 5.32 Å². The summed E-state index contributed by atoms with van der Waals surface area (Å²) in [6.07, 6.45) is 3.91. The monoisotopic (exact) mass is 224 g/mol. The fourth-order valence-corrected chi connectivity index (χ4v) is 2.88. The first-order valence-electron chi connectivity index (χ1n) is 5.79. The molecule has 1 saturated heterocycles. The number of thiophene rings is 1. The van der Waals surface area contributed by atoms with E-state index in [-0.39, 0.29) is 0 Å². The van der Waals surface area contributed by atoms with Gasteiger partial charge in [0.05, 0.1) is 0 Å². The Morgan fingerprint density at radius 3 is 3.20 bits per heavy atom. The summed E-state index contributed by atoms with van der Waals surface area (Å²) in [5, 5.41) is 5.71. The Morgan fingerprint density at radius 2 is 2.53 bits per heavy atom. The maximum atomic E-state index is 3.56. The quantitative estimate of drug-likeness (QED) is 0.769. The van der Waals surface area contributed by atoms with Gasteiger partial charge in [0.15, 0.2) is 0 Å². The Hall–Kier alpha value is -0.380. The van der Waals surface area contributed by atoms with Gasteiger partial charge in [-0.2, -0.15) is 0 Å². The molecule has 0 radical (unpaired) electrons. The molecule has 0 aromatic carbocycles. The van der Waals surface area contributed by atoms with Gasteiger partial charge in [0.2, 0.25) is 0 Å². The Morgan fingerprint density at radius 1 is 1.60 bits per heavy atom. The number of hydrogen-bond acceptors (Lipinski definition) is 3. The van der Waals surface area contributed by atoms with Crippen LogP contribution in [0.25, 0.3) is 0 Å². The highest BCUT2D eigenvalue weighted by Gasteiger charge is 2.19. The lowest BCUT2D eigenvalue weighted by molar-refractivity contribution is 0.301. The summed E-state index contributed by atoms with van der Waals surface area (Å²) in [5.74, 6) is 0. The predicted octanol–water partition coefficient (Wildman–Crippen LogP) is 1.97. The molecule has 2 nitrogen and oxygen atoms in total. The third-order valence-electron chi connectivity index (χ3n) is 3.18. The number of likely N-dealkylation sites (N-methyl/N-ethyl adjacent to an activating group) is 1. The average Bonchev–Trinajstić information content (AvgIpc) is 2.85. The molecule has 0 bridgehead atoms. The van der Waals surface area contributed by atoms with Gasteiger partial charge >= 0.3 is 0 Å². The van der Waals surface area contributed by atoms with Crippen LogP contribution in [0.2, 0.25) is 0 Å². The van der Waals surface area contributed by atoms with Crippen molar-refractivity contribution in [1.29, 1.82) is 0 Å². The van der Waals surface area contributed by atoms with Crippen LogP contribution in [0.5, 0.6) is 0 Å². The first kappa shape index (κ1) is 11.1. The van der Waals surface area contributed by atoms with Crippen LogP contribution in [0.1, 0.15) is 17.7 Å². The van der Waals surface area contributed by atoms with Gasteiger partial charge in [0, 0.05) is 24.0 Å². The molecule has 1 N–H and O–H groups in total. The number of nitrogens with zero attached hydrogens (tertiary/aromatic N) is 1. The molecule has 1 aromatic rings. The molecule has 1 fully saturated rings. The van der Waals surface area contributed by atoms with Crippen molar-refractivity contribution in [3.63, 3.8) is 0 Å². The van der Waals surface area contributed by atoms with Crippen LogP contribution in [0, 0.1) is 0 Å². The Bertz CT molecular complexity index is 271. The van der Waals surface area contributed by atoms with Crippen molar-refractivity contribution in [2.24, 2.45) is 0 Å². The van der Waals surface area contributed by atoms with E-state index < -0.39 is 0 Å². The zero-order valence-electron chi connectivity index (χ0n) is 9.41. The number of rotatable bonds is 5. The zero-order chi connectivity index (χ0) is 10.5. The Labute approximate surface area is 96.3 Å². The molecule has 0 amide bonds. The summed E-state index contributed by atoms with van der Waals surface area (Å²) in [5.41, 5.74) is 0. The van der Waals surface area contributed by atoms with Crippen molar-refractivity contribution in [3.05, 3.63) is 22.4 Å². The highest BCUT2D eigenvalue weighted by molar-refractivity contribution is 7.09. The Balaban J connectivity index is 1.59. The highest BCUT2D eigenvalue weighted by Crippen LogP contribution is 2.13. The molecular weight excluding hydrogens is 204 g/mol. The minimum atomic E-state index is 0.772. The minimum absolute atomic E-state index is 0.772. The Kier molecular flexibility index (Phi) is 4.18. The highest BCUT2D eigenvalue weighted by atomic mass is 32.1. The molecule has 1 atom stereocenters. The largest absolute Gasteiger partial charge is 0.315 e.